The third-order valence-corrected chi connectivity index (χ3v) is 5.00. The number of benzene rings is 2. The summed E-state index contributed by atoms with van der Waals surface area (Å²) in [6.45, 7) is 1.38. The van der Waals surface area contributed by atoms with Crippen LogP contribution in [0.3, 0.4) is 0 Å². The molecular weight excluding hydrogens is 352 g/mol. The zero-order valence-electron chi connectivity index (χ0n) is 15.2. The van der Waals surface area contributed by atoms with Gasteiger partial charge in [-0.25, -0.2) is 0 Å². The minimum absolute atomic E-state index is 0.0324. The minimum atomic E-state index is -0.363. The third kappa shape index (κ3) is 2.52. The molecule has 0 unspecified atom stereocenters. The average molecular weight is 368 g/mol. The number of aromatic nitrogens is 2. The third-order valence-electron chi connectivity index (χ3n) is 5.00. The van der Waals surface area contributed by atoms with Gasteiger partial charge in [0.1, 0.15) is 5.75 Å². The van der Waals surface area contributed by atoms with Crippen molar-refractivity contribution in [1.29, 1.82) is 0 Å². The summed E-state index contributed by atoms with van der Waals surface area (Å²) in [5.41, 5.74) is 3.50. The van der Waals surface area contributed by atoms with Crippen LogP contribution in [0.5, 0.6) is 5.75 Å². The van der Waals surface area contributed by atoms with Crippen LogP contribution in [0.25, 0.3) is 27.2 Å². The summed E-state index contributed by atoms with van der Waals surface area (Å²) in [4.78, 5) is 28.6. The lowest BCUT2D eigenvalue weighted by atomic mass is 10.0. The summed E-state index contributed by atoms with van der Waals surface area (Å²) < 4.78 is 7.29. The molecule has 0 atom stereocenters. The van der Waals surface area contributed by atoms with E-state index in [1.54, 1.807) is 18.5 Å². The standard InChI is InChI=1S/C23H16N2O3/c1-14(26)28-17-7-8-18-19-5-2-6-20-22(19)25(21(18)11-17)13-16(23(20)27)10-15-4-3-9-24-12-15/h2-9,11-13H,10H2,1H3. The van der Waals surface area contributed by atoms with Gasteiger partial charge in [0.15, 0.2) is 5.43 Å². The predicted octanol–water partition coefficient (Wildman–Crippen LogP) is 3.95. The van der Waals surface area contributed by atoms with E-state index in [-0.39, 0.29) is 11.4 Å². The minimum Gasteiger partial charge on any atom is -0.427 e. The Morgan fingerprint density at radius 2 is 1.93 bits per heavy atom. The molecule has 0 aliphatic heterocycles. The van der Waals surface area contributed by atoms with Crippen molar-refractivity contribution in [2.45, 2.75) is 13.3 Å². The lowest BCUT2D eigenvalue weighted by Crippen LogP contribution is -2.12. The van der Waals surface area contributed by atoms with E-state index in [1.165, 1.54) is 6.92 Å². The maximum atomic E-state index is 13.1. The molecule has 5 heteroatoms. The zero-order chi connectivity index (χ0) is 19.3. The SMILES string of the molecule is CC(=O)Oc1ccc2c3cccc4c(=O)c(Cc5cccnc5)cn(c2c1)c43. The lowest BCUT2D eigenvalue weighted by Gasteiger charge is -2.07. The molecule has 0 aliphatic carbocycles. The van der Waals surface area contributed by atoms with E-state index in [9.17, 15) is 9.59 Å². The lowest BCUT2D eigenvalue weighted by molar-refractivity contribution is -0.131. The first-order valence-electron chi connectivity index (χ1n) is 9.01. The molecule has 0 fully saturated rings. The molecule has 3 heterocycles. The van der Waals surface area contributed by atoms with E-state index in [4.69, 9.17) is 4.74 Å². The van der Waals surface area contributed by atoms with E-state index in [0.29, 0.717) is 23.1 Å². The smallest absolute Gasteiger partial charge is 0.308 e. The molecule has 5 aromatic rings. The average Bonchev–Trinajstić information content (AvgIpc) is 3.00. The van der Waals surface area contributed by atoms with Gasteiger partial charge in [0.25, 0.3) is 0 Å². The highest BCUT2D eigenvalue weighted by Gasteiger charge is 2.16. The summed E-state index contributed by atoms with van der Waals surface area (Å²) in [7, 11) is 0. The summed E-state index contributed by atoms with van der Waals surface area (Å²) in [5.74, 6) is 0.123. The van der Waals surface area contributed by atoms with Gasteiger partial charge in [0.05, 0.1) is 11.0 Å². The highest BCUT2D eigenvalue weighted by molar-refractivity contribution is 6.14. The van der Waals surface area contributed by atoms with Crippen molar-refractivity contribution < 1.29 is 9.53 Å². The summed E-state index contributed by atoms with van der Waals surface area (Å²) in [5, 5.41) is 2.70. The number of fused-ring (bicyclic) bond motifs is 3. The van der Waals surface area contributed by atoms with Gasteiger partial charge in [0.2, 0.25) is 0 Å². The van der Waals surface area contributed by atoms with Crippen LogP contribution >= 0.6 is 0 Å². The summed E-state index contributed by atoms with van der Waals surface area (Å²) >= 11 is 0. The van der Waals surface area contributed by atoms with Gasteiger partial charge in [-0.2, -0.15) is 0 Å². The number of pyridine rings is 2. The van der Waals surface area contributed by atoms with Crippen LogP contribution in [-0.4, -0.2) is 15.4 Å². The molecule has 0 amide bonds. The molecular formula is C23H16N2O3. The normalized spacial score (nSPS) is 11.5. The monoisotopic (exact) mass is 368 g/mol. The molecule has 28 heavy (non-hydrogen) atoms. The fourth-order valence-electron chi connectivity index (χ4n) is 3.86. The Bertz CT molecular complexity index is 1400. The van der Waals surface area contributed by atoms with Crippen LogP contribution in [0.2, 0.25) is 0 Å². The fraction of sp³-hybridized carbons (Fsp3) is 0.0870. The number of carbonyl (C=O) groups is 1. The topological polar surface area (TPSA) is 60.7 Å². The molecule has 0 spiro atoms. The number of rotatable bonds is 3. The zero-order valence-corrected chi connectivity index (χ0v) is 15.2. The second-order valence-electron chi connectivity index (χ2n) is 6.87. The van der Waals surface area contributed by atoms with Gasteiger partial charge < -0.3 is 9.14 Å². The molecule has 0 N–H and O–H groups in total. The Balaban J connectivity index is 1.82. The number of carbonyl (C=O) groups excluding carboxylic acids is 1. The van der Waals surface area contributed by atoms with Gasteiger partial charge in [-0.15, -0.1) is 0 Å². The molecule has 2 aromatic carbocycles. The first-order valence-corrected chi connectivity index (χ1v) is 9.01. The number of nitrogens with zero attached hydrogens (tertiary/aromatic N) is 2. The maximum absolute atomic E-state index is 13.1. The fourth-order valence-corrected chi connectivity index (χ4v) is 3.86. The molecule has 0 saturated heterocycles. The predicted molar refractivity (Wildman–Crippen MR) is 108 cm³/mol. The Morgan fingerprint density at radius 1 is 1.07 bits per heavy atom. The molecule has 5 rings (SSSR count). The highest BCUT2D eigenvalue weighted by atomic mass is 16.5. The van der Waals surface area contributed by atoms with Crippen LogP contribution in [0.4, 0.5) is 0 Å². The van der Waals surface area contributed by atoms with Crippen molar-refractivity contribution in [3.63, 3.8) is 0 Å². The van der Waals surface area contributed by atoms with Crippen molar-refractivity contribution in [1.82, 2.24) is 9.38 Å². The Labute approximate surface area is 160 Å². The van der Waals surface area contributed by atoms with Crippen molar-refractivity contribution in [3.05, 3.63) is 88.5 Å². The van der Waals surface area contributed by atoms with Crippen molar-refractivity contribution in [2.24, 2.45) is 0 Å². The first kappa shape index (κ1) is 16.4. The second-order valence-corrected chi connectivity index (χ2v) is 6.87. The largest absolute Gasteiger partial charge is 0.427 e. The number of ether oxygens (including phenoxy) is 1. The van der Waals surface area contributed by atoms with Crippen molar-refractivity contribution in [3.8, 4) is 5.75 Å². The van der Waals surface area contributed by atoms with E-state index in [2.05, 4.69) is 4.98 Å². The molecule has 5 nitrogen and oxygen atoms in total. The van der Waals surface area contributed by atoms with Crippen molar-refractivity contribution in [2.75, 3.05) is 0 Å². The van der Waals surface area contributed by atoms with Gasteiger partial charge in [-0.3, -0.25) is 14.6 Å². The summed E-state index contributed by atoms with van der Waals surface area (Å²) in [6.07, 6.45) is 5.89. The Kier molecular flexibility index (Phi) is 3.62. The van der Waals surface area contributed by atoms with Gasteiger partial charge >= 0.3 is 5.97 Å². The van der Waals surface area contributed by atoms with E-state index < -0.39 is 0 Å². The van der Waals surface area contributed by atoms with Crippen LogP contribution in [-0.2, 0) is 11.2 Å². The van der Waals surface area contributed by atoms with Crippen LogP contribution in [0.15, 0.2) is 71.9 Å². The number of hydrogen-bond acceptors (Lipinski definition) is 4. The molecule has 0 bridgehead atoms. The van der Waals surface area contributed by atoms with E-state index in [0.717, 1.165) is 27.4 Å². The molecule has 136 valence electrons. The van der Waals surface area contributed by atoms with E-state index >= 15 is 0 Å². The first-order chi connectivity index (χ1) is 13.6. The van der Waals surface area contributed by atoms with Gasteiger partial charge in [0, 0.05) is 59.7 Å². The molecule has 0 radical (unpaired) electrons. The quantitative estimate of drug-likeness (QED) is 0.357. The Morgan fingerprint density at radius 3 is 2.71 bits per heavy atom. The Hall–Kier alpha value is -3.73. The van der Waals surface area contributed by atoms with Crippen LogP contribution in [0.1, 0.15) is 18.1 Å². The molecule has 0 saturated carbocycles. The van der Waals surface area contributed by atoms with Crippen molar-refractivity contribution >= 4 is 33.2 Å². The van der Waals surface area contributed by atoms with Gasteiger partial charge in [-0.05, 0) is 29.8 Å². The van der Waals surface area contributed by atoms with Crippen LogP contribution in [0, 0.1) is 0 Å². The van der Waals surface area contributed by atoms with E-state index in [1.807, 2.05) is 53.1 Å². The maximum Gasteiger partial charge on any atom is 0.308 e. The number of para-hydroxylation sites is 1. The molecule has 0 aliphatic rings. The number of esters is 1. The van der Waals surface area contributed by atoms with Crippen LogP contribution < -0.4 is 10.2 Å². The number of hydrogen-bond donors (Lipinski definition) is 0. The summed E-state index contributed by atoms with van der Waals surface area (Å²) in [6, 6.07) is 15.2. The second kappa shape index (κ2) is 6.16. The van der Waals surface area contributed by atoms with Gasteiger partial charge in [-0.1, -0.05) is 18.2 Å². The molecule has 3 aromatic heterocycles. The highest BCUT2D eigenvalue weighted by Crippen LogP contribution is 2.33.